The van der Waals surface area contributed by atoms with Gasteiger partial charge in [0.1, 0.15) is 11.4 Å². The van der Waals surface area contributed by atoms with Crippen molar-refractivity contribution in [3.05, 3.63) is 33.9 Å². The fourth-order valence-corrected chi connectivity index (χ4v) is 1.97. The fourth-order valence-electron chi connectivity index (χ4n) is 1.64. The van der Waals surface area contributed by atoms with Crippen molar-refractivity contribution in [1.82, 2.24) is 20.3 Å². The molecule has 3 aromatic rings. The van der Waals surface area contributed by atoms with E-state index in [-0.39, 0.29) is 5.75 Å². The second kappa shape index (κ2) is 5.64. The lowest BCUT2D eigenvalue weighted by molar-refractivity contribution is 0.392. The van der Waals surface area contributed by atoms with E-state index in [9.17, 15) is 5.11 Å². The van der Waals surface area contributed by atoms with Crippen molar-refractivity contribution in [2.24, 2.45) is 0 Å². The van der Waals surface area contributed by atoms with Crippen molar-refractivity contribution in [3.63, 3.8) is 0 Å². The Morgan fingerprint density at radius 1 is 1.19 bits per heavy atom. The van der Waals surface area contributed by atoms with Gasteiger partial charge in [0.2, 0.25) is 11.7 Å². The van der Waals surface area contributed by atoms with Gasteiger partial charge in [0.15, 0.2) is 0 Å². The molecule has 7 nitrogen and oxygen atoms in total. The second-order valence-electron chi connectivity index (χ2n) is 4.05. The predicted octanol–water partition coefficient (Wildman–Crippen LogP) is 2.51. The Morgan fingerprint density at radius 3 is 2.71 bits per heavy atom. The summed E-state index contributed by atoms with van der Waals surface area (Å²) in [5, 5.41) is 21.4. The standard InChI is InChI=1S/C13H9IN4O3/c1-20-11-5-4-9(16-17-11)12-15-13(21-18-12)7-2-3-8(14)10(19)6-7/h2-6,19H,1H3. The number of phenols is 1. The number of ether oxygens (including phenoxy) is 1. The van der Waals surface area contributed by atoms with Crippen LogP contribution >= 0.6 is 22.6 Å². The molecular weight excluding hydrogens is 387 g/mol. The number of halogens is 1. The molecule has 0 radical (unpaired) electrons. The number of phenolic OH excluding ortho intramolecular Hbond substituents is 1. The highest BCUT2D eigenvalue weighted by Gasteiger charge is 2.13. The molecule has 0 unspecified atom stereocenters. The highest BCUT2D eigenvalue weighted by molar-refractivity contribution is 14.1. The zero-order chi connectivity index (χ0) is 14.8. The van der Waals surface area contributed by atoms with Crippen molar-refractivity contribution in [2.45, 2.75) is 0 Å². The van der Waals surface area contributed by atoms with Crippen LogP contribution in [0.4, 0.5) is 0 Å². The van der Waals surface area contributed by atoms with Crippen molar-refractivity contribution in [2.75, 3.05) is 7.11 Å². The van der Waals surface area contributed by atoms with E-state index >= 15 is 0 Å². The Hall–Kier alpha value is -2.23. The molecule has 0 saturated heterocycles. The van der Waals surface area contributed by atoms with Crippen LogP contribution in [0.5, 0.6) is 11.6 Å². The number of hydrogen-bond donors (Lipinski definition) is 1. The SMILES string of the molecule is COc1ccc(-c2noc(-c3ccc(I)c(O)c3)n2)nn1. The monoisotopic (exact) mass is 396 g/mol. The molecule has 8 heteroatoms. The molecule has 0 amide bonds. The summed E-state index contributed by atoms with van der Waals surface area (Å²) in [5.74, 6) is 1.19. The lowest BCUT2D eigenvalue weighted by atomic mass is 10.2. The quantitative estimate of drug-likeness (QED) is 0.680. The number of rotatable bonds is 3. The predicted molar refractivity (Wildman–Crippen MR) is 81.7 cm³/mol. The van der Waals surface area contributed by atoms with Crippen LogP contribution in [0.3, 0.4) is 0 Å². The summed E-state index contributed by atoms with van der Waals surface area (Å²) < 4.78 is 10.9. The maximum absolute atomic E-state index is 9.71. The maximum Gasteiger partial charge on any atom is 0.258 e. The molecule has 0 aliphatic heterocycles. The highest BCUT2D eigenvalue weighted by atomic mass is 127. The lowest BCUT2D eigenvalue weighted by Crippen LogP contribution is -1.93. The molecule has 21 heavy (non-hydrogen) atoms. The Bertz CT molecular complexity index is 773. The van der Waals surface area contributed by atoms with Crippen LogP contribution in [0.2, 0.25) is 0 Å². The average molecular weight is 396 g/mol. The van der Waals surface area contributed by atoms with Gasteiger partial charge in [-0.25, -0.2) is 0 Å². The Kier molecular flexibility index (Phi) is 3.69. The van der Waals surface area contributed by atoms with Crippen molar-refractivity contribution in [3.8, 4) is 34.6 Å². The molecule has 2 aromatic heterocycles. The molecular formula is C13H9IN4O3. The third-order valence-corrected chi connectivity index (χ3v) is 3.61. The van der Waals surface area contributed by atoms with E-state index in [2.05, 4.69) is 20.3 Å². The van der Waals surface area contributed by atoms with Crippen molar-refractivity contribution >= 4 is 22.6 Å². The van der Waals surface area contributed by atoms with E-state index in [0.717, 1.165) is 3.57 Å². The summed E-state index contributed by atoms with van der Waals surface area (Å²) in [7, 11) is 1.51. The van der Waals surface area contributed by atoms with E-state index in [1.54, 1.807) is 30.3 Å². The Labute approximate surface area is 133 Å². The van der Waals surface area contributed by atoms with Crippen LogP contribution < -0.4 is 4.74 Å². The van der Waals surface area contributed by atoms with Gasteiger partial charge in [0.25, 0.3) is 5.89 Å². The summed E-state index contributed by atoms with van der Waals surface area (Å²) in [6, 6.07) is 8.47. The molecule has 2 heterocycles. The first kappa shape index (κ1) is 13.7. The first-order chi connectivity index (χ1) is 10.2. The van der Waals surface area contributed by atoms with E-state index in [0.29, 0.717) is 28.9 Å². The Morgan fingerprint density at radius 2 is 2.05 bits per heavy atom. The third-order valence-electron chi connectivity index (χ3n) is 2.70. The molecule has 1 N–H and O–H groups in total. The minimum Gasteiger partial charge on any atom is -0.507 e. The molecule has 0 atom stereocenters. The molecule has 1 aromatic carbocycles. The zero-order valence-corrected chi connectivity index (χ0v) is 13.0. The largest absolute Gasteiger partial charge is 0.507 e. The van der Waals surface area contributed by atoms with E-state index in [1.165, 1.54) is 7.11 Å². The van der Waals surface area contributed by atoms with Crippen molar-refractivity contribution in [1.29, 1.82) is 0 Å². The van der Waals surface area contributed by atoms with E-state index in [1.807, 2.05) is 22.6 Å². The van der Waals surface area contributed by atoms with E-state index in [4.69, 9.17) is 9.26 Å². The number of hydrogen-bond acceptors (Lipinski definition) is 7. The molecule has 0 spiro atoms. The van der Waals surface area contributed by atoms with Crippen LogP contribution in [-0.2, 0) is 0 Å². The third kappa shape index (κ3) is 2.79. The number of aromatic nitrogens is 4. The first-order valence-electron chi connectivity index (χ1n) is 5.88. The van der Waals surface area contributed by atoms with Crippen LogP contribution in [0.1, 0.15) is 0 Å². The van der Waals surface area contributed by atoms with Crippen LogP contribution in [0.25, 0.3) is 23.0 Å². The molecule has 0 fully saturated rings. The van der Waals surface area contributed by atoms with Crippen LogP contribution in [0, 0.1) is 3.57 Å². The van der Waals surface area contributed by atoms with Crippen LogP contribution in [-0.4, -0.2) is 32.6 Å². The van der Waals surface area contributed by atoms with Gasteiger partial charge in [-0.15, -0.1) is 10.2 Å². The van der Waals surface area contributed by atoms with Gasteiger partial charge in [-0.3, -0.25) is 0 Å². The maximum atomic E-state index is 9.71. The fraction of sp³-hybridized carbons (Fsp3) is 0.0769. The smallest absolute Gasteiger partial charge is 0.258 e. The summed E-state index contributed by atoms with van der Waals surface area (Å²) >= 11 is 2.03. The molecule has 0 aliphatic rings. The number of benzene rings is 1. The van der Waals surface area contributed by atoms with Crippen LogP contribution in [0.15, 0.2) is 34.9 Å². The molecule has 0 aliphatic carbocycles. The minimum atomic E-state index is 0.164. The Balaban J connectivity index is 1.93. The van der Waals surface area contributed by atoms with E-state index < -0.39 is 0 Å². The van der Waals surface area contributed by atoms with Gasteiger partial charge < -0.3 is 14.4 Å². The number of aromatic hydroxyl groups is 1. The van der Waals surface area contributed by atoms with Gasteiger partial charge >= 0.3 is 0 Å². The summed E-state index contributed by atoms with van der Waals surface area (Å²) in [4.78, 5) is 4.24. The second-order valence-corrected chi connectivity index (χ2v) is 5.21. The normalized spacial score (nSPS) is 10.6. The topological polar surface area (TPSA) is 94.2 Å². The number of methoxy groups -OCH3 is 1. The zero-order valence-electron chi connectivity index (χ0n) is 10.8. The van der Waals surface area contributed by atoms with Gasteiger partial charge in [-0.1, -0.05) is 5.16 Å². The highest BCUT2D eigenvalue weighted by Crippen LogP contribution is 2.27. The minimum absolute atomic E-state index is 0.164. The summed E-state index contributed by atoms with van der Waals surface area (Å²) in [5.41, 5.74) is 1.11. The van der Waals surface area contributed by atoms with Gasteiger partial charge in [-0.05, 0) is 46.9 Å². The van der Waals surface area contributed by atoms with Gasteiger partial charge in [0, 0.05) is 11.6 Å². The van der Waals surface area contributed by atoms with Gasteiger partial charge in [-0.2, -0.15) is 4.98 Å². The summed E-state index contributed by atoms with van der Waals surface area (Å²) in [6.07, 6.45) is 0. The summed E-state index contributed by atoms with van der Waals surface area (Å²) in [6.45, 7) is 0. The molecule has 0 saturated carbocycles. The van der Waals surface area contributed by atoms with Crippen molar-refractivity contribution < 1.29 is 14.4 Å². The lowest BCUT2D eigenvalue weighted by Gasteiger charge is -1.98. The number of nitrogens with zero attached hydrogens (tertiary/aromatic N) is 4. The van der Waals surface area contributed by atoms with Gasteiger partial charge in [0.05, 0.1) is 10.7 Å². The molecule has 106 valence electrons. The average Bonchev–Trinajstić information content (AvgIpc) is 3.00. The molecule has 0 bridgehead atoms. The molecule has 3 rings (SSSR count). The first-order valence-corrected chi connectivity index (χ1v) is 6.96.